The molecule has 0 saturated heterocycles. The van der Waals surface area contributed by atoms with Gasteiger partial charge in [-0.25, -0.2) is 4.39 Å². The van der Waals surface area contributed by atoms with Crippen LogP contribution in [0.15, 0.2) is 12.3 Å². The Bertz CT molecular complexity index is 291. The Hall–Kier alpha value is -0.920. The lowest BCUT2D eigenvalue weighted by molar-refractivity contribution is 0.610. The van der Waals surface area contributed by atoms with E-state index in [9.17, 15) is 4.39 Å². The Balaban J connectivity index is 0. The number of halogens is 1. The van der Waals surface area contributed by atoms with E-state index in [1.165, 1.54) is 44.7 Å². The molecule has 0 N–H and O–H groups in total. The topological polar surface area (TPSA) is 12.9 Å². The predicted octanol–water partition coefficient (Wildman–Crippen LogP) is 6.23. The van der Waals surface area contributed by atoms with E-state index in [-0.39, 0.29) is 5.82 Å². The Labute approximate surface area is 119 Å². The molecule has 0 radical (unpaired) electrons. The average molecular weight is 269 g/mol. The lowest BCUT2D eigenvalue weighted by Crippen LogP contribution is -1.86. The van der Waals surface area contributed by atoms with Gasteiger partial charge in [-0.1, -0.05) is 66.2 Å². The highest BCUT2D eigenvalue weighted by Gasteiger charge is 1.94. The van der Waals surface area contributed by atoms with Crippen LogP contribution in [0.4, 0.5) is 4.39 Å². The van der Waals surface area contributed by atoms with Gasteiger partial charge in [0.15, 0.2) is 0 Å². The van der Waals surface area contributed by atoms with Gasteiger partial charge in [-0.05, 0) is 25.5 Å². The number of aromatic nitrogens is 1. The molecule has 19 heavy (non-hydrogen) atoms. The summed E-state index contributed by atoms with van der Waals surface area (Å²) >= 11 is 0. The molecule has 0 fully saturated rings. The van der Waals surface area contributed by atoms with Crippen molar-refractivity contribution >= 4 is 0 Å². The molecular formula is C17H32FN. The summed E-state index contributed by atoms with van der Waals surface area (Å²) in [5.74, 6) is -0.236. The first-order valence-electron chi connectivity index (χ1n) is 7.70. The van der Waals surface area contributed by atoms with Gasteiger partial charge in [0.2, 0.25) is 0 Å². The van der Waals surface area contributed by atoms with Crippen LogP contribution >= 0.6 is 0 Å². The minimum atomic E-state index is -0.236. The fraction of sp³-hybridized carbons (Fsp3) is 0.706. The van der Waals surface area contributed by atoms with Gasteiger partial charge in [0.1, 0.15) is 5.82 Å². The summed E-state index contributed by atoms with van der Waals surface area (Å²) in [6.45, 7) is 12.1. The summed E-state index contributed by atoms with van der Waals surface area (Å²) in [5.41, 5.74) is 1.51. The summed E-state index contributed by atoms with van der Waals surface area (Å²) < 4.78 is 12.4. The van der Waals surface area contributed by atoms with Crippen LogP contribution in [0.3, 0.4) is 0 Å². The SMILES string of the molecule is CC.CCCCCCCC.Cc1cc(C)c(F)cn1. The molecule has 1 aromatic heterocycles. The van der Waals surface area contributed by atoms with Gasteiger partial charge in [-0.2, -0.15) is 0 Å². The highest BCUT2D eigenvalue weighted by atomic mass is 19.1. The number of aryl methyl sites for hydroxylation is 2. The number of pyridine rings is 1. The Morgan fingerprint density at radius 2 is 1.42 bits per heavy atom. The third-order valence-corrected chi connectivity index (χ3v) is 2.64. The molecule has 0 bridgehead atoms. The van der Waals surface area contributed by atoms with Gasteiger partial charge in [0, 0.05) is 5.69 Å². The molecule has 1 nitrogen and oxygen atoms in total. The second-order valence-electron chi connectivity index (χ2n) is 4.49. The Morgan fingerprint density at radius 3 is 1.74 bits per heavy atom. The number of hydrogen-bond acceptors (Lipinski definition) is 1. The molecular weight excluding hydrogens is 237 g/mol. The first kappa shape index (κ1) is 20.4. The lowest BCUT2D eigenvalue weighted by atomic mass is 10.1. The Kier molecular flexibility index (Phi) is 16.3. The monoisotopic (exact) mass is 269 g/mol. The van der Waals surface area contributed by atoms with Crippen molar-refractivity contribution in [3.63, 3.8) is 0 Å². The van der Waals surface area contributed by atoms with Crippen LogP contribution in [0.2, 0.25) is 0 Å². The van der Waals surface area contributed by atoms with Gasteiger partial charge < -0.3 is 0 Å². The zero-order valence-corrected chi connectivity index (χ0v) is 13.7. The van der Waals surface area contributed by atoms with Crippen molar-refractivity contribution in [3.8, 4) is 0 Å². The van der Waals surface area contributed by atoms with Crippen LogP contribution in [0.1, 0.15) is 77.5 Å². The number of hydrogen-bond donors (Lipinski definition) is 0. The molecule has 0 aliphatic carbocycles. The first-order chi connectivity index (χ1) is 9.11. The van der Waals surface area contributed by atoms with Crippen molar-refractivity contribution in [2.24, 2.45) is 0 Å². The minimum Gasteiger partial charge on any atom is -0.259 e. The highest BCUT2D eigenvalue weighted by Crippen LogP contribution is 2.04. The molecule has 0 aliphatic heterocycles. The number of nitrogens with zero attached hydrogens (tertiary/aromatic N) is 1. The molecule has 0 aromatic carbocycles. The summed E-state index contributed by atoms with van der Waals surface area (Å²) in [4.78, 5) is 3.76. The highest BCUT2D eigenvalue weighted by molar-refractivity contribution is 5.14. The summed E-state index contributed by atoms with van der Waals surface area (Å²) in [6, 6.07) is 1.72. The van der Waals surface area contributed by atoms with Crippen LogP contribution in [-0.2, 0) is 0 Å². The molecule has 0 saturated carbocycles. The van der Waals surface area contributed by atoms with Crippen LogP contribution in [0.5, 0.6) is 0 Å². The Morgan fingerprint density at radius 1 is 0.947 bits per heavy atom. The summed E-state index contributed by atoms with van der Waals surface area (Å²) in [6.07, 6.45) is 9.73. The van der Waals surface area contributed by atoms with Crippen molar-refractivity contribution in [2.75, 3.05) is 0 Å². The van der Waals surface area contributed by atoms with Crippen molar-refractivity contribution in [1.82, 2.24) is 4.98 Å². The van der Waals surface area contributed by atoms with Crippen molar-refractivity contribution in [3.05, 3.63) is 29.3 Å². The molecule has 1 aromatic rings. The van der Waals surface area contributed by atoms with Gasteiger partial charge in [0.25, 0.3) is 0 Å². The minimum absolute atomic E-state index is 0.236. The molecule has 0 aliphatic rings. The third kappa shape index (κ3) is 13.3. The van der Waals surface area contributed by atoms with Crippen molar-refractivity contribution in [1.29, 1.82) is 0 Å². The molecule has 0 unspecified atom stereocenters. The van der Waals surface area contributed by atoms with Crippen LogP contribution in [0, 0.1) is 19.7 Å². The second-order valence-corrected chi connectivity index (χ2v) is 4.49. The quantitative estimate of drug-likeness (QED) is 0.577. The van der Waals surface area contributed by atoms with E-state index in [1.807, 2.05) is 20.8 Å². The predicted molar refractivity (Wildman–Crippen MR) is 84.1 cm³/mol. The maximum absolute atomic E-state index is 12.4. The van der Waals surface area contributed by atoms with E-state index in [4.69, 9.17) is 0 Å². The van der Waals surface area contributed by atoms with Crippen LogP contribution in [0.25, 0.3) is 0 Å². The maximum atomic E-state index is 12.4. The fourth-order valence-corrected chi connectivity index (χ4v) is 1.53. The van der Waals surface area contributed by atoms with E-state index in [2.05, 4.69) is 18.8 Å². The number of unbranched alkanes of at least 4 members (excludes halogenated alkanes) is 5. The van der Waals surface area contributed by atoms with Crippen LogP contribution < -0.4 is 0 Å². The lowest BCUT2D eigenvalue weighted by Gasteiger charge is -1.94. The normalized spacial score (nSPS) is 9.00. The molecule has 0 atom stereocenters. The molecule has 0 spiro atoms. The zero-order valence-electron chi connectivity index (χ0n) is 13.7. The van der Waals surface area contributed by atoms with E-state index >= 15 is 0 Å². The molecule has 112 valence electrons. The standard InChI is InChI=1S/C8H18.C7H8FN.C2H6/c1-3-5-7-8-6-4-2;1-5-3-6(2)9-4-7(5)8;1-2/h3-8H2,1-2H3;3-4H,1-2H3;1-2H3. The average Bonchev–Trinajstić information content (AvgIpc) is 2.43. The van der Waals surface area contributed by atoms with E-state index in [0.29, 0.717) is 5.56 Å². The van der Waals surface area contributed by atoms with Crippen molar-refractivity contribution < 1.29 is 4.39 Å². The largest absolute Gasteiger partial charge is 0.259 e. The van der Waals surface area contributed by atoms with E-state index < -0.39 is 0 Å². The van der Waals surface area contributed by atoms with Gasteiger partial charge in [-0.15, -0.1) is 0 Å². The first-order valence-corrected chi connectivity index (χ1v) is 7.70. The van der Waals surface area contributed by atoms with Crippen LogP contribution in [-0.4, -0.2) is 4.98 Å². The van der Waals surface area contributed by atoms with Gasteiger partial charge >= 0.3 is 0 Å². The second kappa shape index (κ2) is 15.1. The summed E-state index contributed by atoms with van der Waals surface area (Å²) in [5, 5.41) is 0. The third-order valence-electron chi connectivity index (χ3n) is 2.64. The maximum Gasteiger partial charge on any atom is 0.144 e. The zero-order chi connectivity index (χ0) is 15.1. The van der Waals surface area contributed by atoms with Gasteiger partial charge in [0.05, 0.1) is 6.20 Å². The molecule has 1 heterocycles. The van der Waals surface area contributed by atoms with E-state index in [0.717, 1.165) is 5.69 Å². The molecule has 0 amide bonds. The fourth-order valence-electron chi connectivity index (χ4n) is 1.53. The molecule has 1 rings (SSSR count). The smallest absolute Gasteiger partial charge is 0.144 e. The number of rotatable bonds is 5. The van der Waals surface area contributed by atoms with Crippen molar-refractivity contribution in [2.45, 2.75) is 80.1 Å². The van der Waals surface area contributed by atoms with Gasteiger partial charge in [-0.3, -0.25) is 4.98 Å². The van der Waals surface area contributed by atoms with E-state index in [1.54, 1.807) is 13.0 Å². The summed E-state index contributed by atoms with van der Waals surface area (Å²) in [7, 11) is 0. The molecule has 2 heteroatoms.